The summed E-state index contributed by atoms with van der Waals surface area (Å²) in [5.74, 6) is 0.496. The number of hydrogen-bond donors (Lipinski definition) is 0. The van der Waals surface area contributed by atoms with Crippen LogP contribution < -0.4 is 0 Å². The summed E-state index contributed by atoms with van der Waals surface area (Å²) in [6, 6.07) is 0. The van der Waals surface area contributed by atoms with E-state index in [-0.39, 0.29) is 5.82 Å². The van der Waals surface area contributed by atoms with E-state index < -0.39 is 5.97 Å². The lowest BCUT2D eigenvalue weighted by Crippen LogP contribution is -2.10. The van der Waals surface area contributed by atoms with Crippen LogP contribution in [-0.2, 0) is 17.8 Å². The van der Waals surface area contributed by atoms with Crippen LogP contribution in [0.25, 0.3) is 0 Å². The molecular weight excluding hydrogens is 222 g/mol. The van der Waals surface area contributed by atoms with Crippen molar-refractivity contribution in [2.24, 2.45) is 0 Å². The molecule has 0 unspecified atom stereocenters. The average molecular weight is 235 g/mol. The summed E-state index contributed by atoms with van der Waals surface area (Å²) in [5, 5.41) is 4.01. The summed E-state index contributed by atoms with van der Waals surface area (Å²) in [7, 11) is 1.30. The van der Waals surface area contributed by atoms with E-state index >= 15 is 0 Å². The largest absolute Gasteiger partial charge is 0.463 e. The van der Waals surface area contributed by atoms with Crippen LogP contribution in [0.4, 0.5) is 0 Å². The fourth-order valence-corrected chi connectivity index (χ4v) is 1.44. The molecule has 0 amide bonds. The molecule has 7 heteroatoms. The minimum atomic E-state index is -0.525. The second kappa shape index (κ2) is 4.77. The van der Waals surface area contributed by atoms with Crippen molar-refractivity contribution in [1.29, 1.82) is 0 Å². The summed E-state index contributed by atoms with van der Waals surface area (Å²) in [6.07, 6.45) is 5.16. The Labute approximate surface area is 98.1 Å². The number of imidazole rings is 1. The molecule has 0 radical (unpaired) electrons. The van der Waals surface area contributed by atoms with Gasteiger partial charge in [0.1, 0.15) is 12.2 Å². The third kappa shape index (κ3) is 2.49. The molecule has 0 spiro atoms. The number of nitrogens with zero attached hydrogens (tertiary/aromatic N) is 5. The molecular formula is C10H13N5O2. The average Bonchev–Trinajstić information content (AvgIpc) is 2.94. The van der Waals surface area contributed by atoms with Crippen molar-refractivity contribution >= 4 is 5.97 Å². The molecule has 0 aromatic carbocycles. The Bertz CT molecular complexity index is 516. The zero-order chi connectivity index (χ0) is 12.3. The Morgan fingerprint density at radius 3 is 2.88 bits per heavy atom. The molecule has 0 aliphatic rings. The summed E-state index contributed by atoms with van der Waals surface area (Å²) < 4.78 is 8.13. The van der Waals surface area contributed by atoms with E-state index in [2.05, 4.69) is 19.8 Å². The second-order valence-corrected chi connectivity index (χ2v) is 3.49. The molecule has 0 fully saturated rings. The van der Waals surface area contributed by atoms with Gasteiger partial charge in [0.15, 0.2) is 0 Å². The number of carbonyl (C=O) groups is 1. The minimum Gasteiger partial charge on any atom is -0.463 e. The monoisotopic (exact) mass is 235 g/mol. The maximum absolute atomic E-state index is 11.1. The molecule has 2 heterocycles. The molecule has 90 valence electrons. The normalized spacial score (nSPS) is 10.5. The lowest BCUT2D eigenvalue weighted by molar-refractivity contribution is 0.0586. The highest BCUT2D eigenvalue weighted by molar-refractivity contribution is 5.84. The molecule has 0 saturated heterocycles. The van der Waals surface area contributed by atoms with E-state index in [4.69, 9.17) is 0 Å². The Kier molecular flexibility index (Phi) is 3.17. The minimum absolute atomic E-state index is 0.0786. The molecule has 0 bridgehead atoms. The van der Waals surface area contributed by atoms with Crippen LogP contribution in [0.2, 0.25) is 0 Å². The number of methoxy groups -OCH3 is 1. The van der Waals surface area contributed by atoms with E-state index in [1.807, 2.05) is 17.7 Å². The van der Waals surface area contributed by atoms with Crippen LogP contribution in [0.1, 0.15) is 16.4 Å². The van der Waals surface area contributed by atoms with Crippen LogP contribution in [0, 0.1) is 6.92 Å². The van der Waals surface area contributed by atoms with Gasteiger partial charge in [0, 0.05) is 18.9 Å². The van der Waals surface area contributed by atoms with Crippen LogP contribution in [-0.4, -0.2) is 37.4 Å². The van der Waals surface area contributed by atoms with Crippen LogP contribution in [0.5, 0.6) is 0 Å². The van der Waals surface area contributed by atoms with Gasteiger partial charge in [0.2, 0.25) is 0 Å². The summed E-state index contributed by atoms with van der Waals surface area (Å²) >= 11 is 0. The number of hydrogen-bond acceptors (Lipinski definition) is 5. The Hall–Kier alpha value is -2.18. The van der Waals surface area contributed by atoms with E-state index in [1.54, 1.807) is 10.9 Å². The number of aromatic nitrogens is 5. The highest BCUT2D eigenvalue weighted by Crippen LogP contribution is 1.97. The quantitative estimate of drug-likeness (QED) is 0.711. The predicted octanol–water partition coefficient (Wildman–Crippen LogP) is 0.270. The van der Waals surface area contributed by atoms with Crippen molar-refractivity contribution in [3.63, 3.8) is 0 Å². The second-order valence-electron chi connectivity index (χ2n) is 3.49. The topological polar surface area (TPSA) is 74.8 Å². The molecule has 7 nitrogen and oxygen atoms in total. The molecule has 17 heavy (non-hydrogen) atoms. The highest BCUT2D eigenvalue weighted by Gasteiger charge is 2.10. The molecule has 0 N–H and O–H groups in total. The lowest BCUT2D eigenvalue weighted by Gasteiger charge is -2.03. The van der Waals surface area contributed by atoms with E-state index in [1.165, 1.54) is 13.4 Å². The first-order valence-electron chi connectivity index (χ1n) is 5.16. The smallest absolute Gasteiger partial charge is 0.377 e. The first kappa shape index (κ1) is 11.3. The van der Waals surface area contributed by atoms with Crippen molar-refractivity contribution in [3.05, 3.63) is 30.4 Å². The molecule has 2 rings (SSSR count). The third-order valence-electron chi connectivity index (χ3n) is 2.40. The van der Waals surface area contributed by atoms with E-state index in [0.29, 0.717) is 6.54 Å². The molecule has 0 aliphatic heterocycles. The number of esters is 1. The van der Waals surface area contributed by atoms with Crippen molar-refractivity contribution in [2.45, 2.75) is 20.0 Å². The Morgan fingerprint density at radius 1 is 1.41 bits per heavy atom. The van der Waals surface area contributed by atoms with E-state index in [9.17, 15) is 4.79 Å². The zero-order valence-corrected chi connectivity index (χ0v) is 9.70. The zero-order valence-electron chi connectivity index (χ0n) is 9.70. The fraction of sp³-hybridized carbons (Fsp3) is 0.400. The van der Waals surface area contributed by atoms with Gasteiger partial charge in [-0.15, -0.1) is 5.10 Å². The van der Waals surface area contributed by atoms with Gasteiger partial charge < -0.3 is 9.30 Å². The van der Waals surface area contributed by atoms with Crippen molar-refractivity contribution in [3.8, 4) is 0 Å². The standard InChI is InChI=1S/C10H13N5O2/c1-8-11-3-4-14(8)5-6-15-7-12-9(13-15)10(16)17-2/h3-4,7H,5-6H2,1-2H3. The molecule has 0 atom stereocenters. The van der Waals surface area contributed by atoms with Gasteiger partial charge in [-0.05, 0) is 6.92 Å². The number of rotatable bonds is 4. The van der Waals surface area contributed by atoms with Crippen molar-refractivity contribution < 1.29 is 9.53 Å². The Balaban J connectivity index is 1.98. The maximum Gasteiger partial charge on any atom is 0.377 e. The number of aryl methyl sites for hydroxylation is 3. The van der Waals surface area contributed by atoms with Gasteiger partial charge in [0.05, 0.1) is 13.7 Å². The highest BCUT2D eigenvalue weighted by atomic mass is 16.5. The van der Waals surface area contributed by atoms with Crippen LogP contribution in [0.15, 0.2) is 18.7 Å². The molecule has 2 aromatic rings. The van der Waals surface area contributed by atoms with Gasteiger partial charge in [-0.25, -0.2) is 14.8 Å². The number of carbonyl (C=O) groups excluding carboxylic acids is 1. The predicted molar refractivity (Wildman–Crippen MR) is 58.3 cm³/mol. The Morgan fingerprint density at radius 2 is 2.24 bits per heavy atom. The van der Waals surface area contributed by atoms with Crippen LogP contribution in [0.3, 0.4) is 0 Å². The van der Waals surface area contributed by atoms with Crippen LogP contribution >= 0.6 is 0 Å². The van der Waals surface area contributed by atoms with Gasteiger partial charge in [0.25, 0.3) is 5.82 Å². The number of ether oxygens (including phenoxy) is 1. The summed E-state index contributed by atoms with van der Waals surface area (Å²) in [6.45, 7) is 3.29. The molecule has 0 saturated carbocycles. The van der Waals surface area contributed by atoms with Gasteiger partial charge in [-0.2, -0.15) is 0 Å². The SMILES string of the molecule is COC(=O)c1ncn(CCn2ccnc2C)n1. The van der Waals surface area contributed by atoms with Gasteiger partial charge >= 0.3 is 5.97 Å². The summed E-state index contributed by atoms with van der Waals surface area (Å²) in [5.41, 5.74) is 0. The van der Waals surface area contributed by atoms with Crippen molar-refractivity contribution in [1.82, 2.24) is 24.3 Å². The maximum atomic E-state index is 11.1. The van der Waals surface area contributed by atoms with Crippen molar-refractivity contribution in [2.75, 3.05) is 7.11 Å². The molecule has 2 aromatic heterocycles. The first-order chi connectivity index (χ1) is 8.20. The van der Waals surface area contributed by atoms with Gasteiger partial charge in [-0.3, -0.25) is 4.68 Å². The lowest BCUT2D eigenvalue weighted by atomic mass is 10.5. The molecule has 0 aliphatic carbocycles. The fourth-order valence-electron chi connectivity index (χ4n) is 1.44. The summed E-state index contributed by atoms with van der Waals surface area (Å²) in [4.78, 5) is 19.1. The van der Waals surface area contributed by atoms with E-state index in [0.717, 1.165) is 12.4 Å². The van der Waals surface area contributed by atoms with Gasteiger partial charge in [-0.1, -0.05) is 0 Å². The third-order valence-corrected chi connectivity index (χ3v) is 2.40. The first-order valence-corrected chi connectivity index (χ1v) is 5.16.